The molecule has 0 unspecified atom stereocenters. The predicted octanol–water partition coefficient (Wildman–Crippen LogP) is 2.82. The Bertz CT molecular complexity index is 395. The lowest BCUT2D eigenvalue weighted by atomic mass is 10.2. The van der Waals surface area contributed by atoms with E-state index >= 15 is 0 Å². The largest absolute Gasteiger partial charge is 0.342 e. The molecular weight excluding hydrogens is 268 g/mol. The first-order chi connectivity index (χ1) is 6.97. The fourth-order valence-electron chi connectivity index (χ4n) is 1.04. The molecule has 1 amide bonds. The highest BCUT2D eigenvalue weighted by Crippen LogP contribution is 2.20. The van der Waals surface area contributed by atoms with Crippen LogP contribution in [0.4, 0.5) is 8.78 Å². The average molecular weight is 278 g/mol. The maximum Gasteiger partial charge on any atom is 0.256 e. The van der Waals surface area contributed by atoms with Gasteiger partial charge in [-0.25, -0.2) is 8.78 Å². The summed E-state index contributed by atoms with van der Waals surface area (Å²) in [5, 5.41) is 0. The molecule has 0 radical (unpaired) electrons. The Morgan fingerprint density at radius 3 is 2.53 bits per heavy atom. The summed E-state index contributed by atoms with van der Waals surface area (Å²) in [6, 6.07) is 1.85. The number of benzene rings is 1. The number of carbonyl (C=O) groups excluding carboxylic acids is 1. The van der Waals surface area contributed by atoms with Crippen molar-refractivity contribution >= 4 is 21.8 Å². The summed E-state index contributed by atoms with van der Waals surface area (Å²) in [6.45, 7) is 2.24. The SMILES string of the molecule is CCN(C)C(=O)c1cc(Br)c(F)cc1F. The van der Waals surface area contributed by atoms with Crippen LogP contribution >= 0.6 is 15.9 Å². The van der Waals surface area contributed by atoms with Crippen LogP contribution < -0.4 is 0 Å². The predicted molar refractivity (Wildman–Crippen MR) is 56.7 cm³/mol. The van der Waals surface area contributed by atoms with Gasteiger partial charge in [0.15, 0.2) is 0 Å². The van der Waals surface area contributed by atoms with E-state index in [-0.39, 0.29) is 10.0 Å². The van der Waals surface area contributed by atoms with Gasteiger partial charge in [-0.1, -0.05) is 0 Å². The summed E-state index contributed by atoms with van der Waals surface area (Å²) in [6.07, 6.45) is 0. The Hall–Kier alpha value is -0.970. The van der Waals surface area contributed by atoms with Gasteiger partial charge in [0.25, 0.3) is 5.91 Å². The molecule has 15 heavy (non-hydrogen) atoms. The second-order valence-corrected chi connectivity index (χ2v) is 3.92. The second kappa shape index (κ2) is 4.70. The first-order valence-electron chi connectivity index (χ1n) is 4.37. The van der Waals surface area contributed by atoms with Crippen LogP contribution in [0.2, 0.25) is 0 Å². The number of rotatable bonds is 2. The van der Waals surface area contributed by atoms with Gasteiger partial charge in [0.1, 0.15) is 11.6 Å². The third-order valence-electron chi connectivity index (χ3n) is 2.06. The summed E-state index contributed by atoms with van der Waals surface area (Å²) in [7, 11) is 1.55. The molecule has 0 aliphatic heterocycles. The fourth-order valence-corrected chi connectivity index (χ4v) is 1.38. The second-order valence-electron chi connectivity index (χ2n) is 3.07. The molecule has 0 fully saturated rings. The van der Waals surface area contributed by atoms with Crippen LogP contribution in [-0.2, 0) is 0 Å². The van der Waals surface area contributed by atoms with Crippen LogP contribution in [0.1, 0.15) is 17.3 Å². The number of hydrogen-bond donors (Lipinski definition) is 0. The summed E-state index contributed by atoms with van der Waals surface area (Å²) < 4.78 is 26.2. The lowest BCUT2D eigenvalue weighted by Crippen LogP contribution is -2.27. The monoisotopic (exact) mass is 277 g/mol. The maximum atomic E-state index is 13.3. The van der Waals surface area contributed by atoms with E-state index in [1.165, 1.54) is 4.90 Å². The van der Waals surface area contributed by atoms with Gasteiger partial charge in [-0.3, -0.25) is 4.79 Å². The molecule has 0 aliphatic carbocycles. The molecule has 2 nitrogen and oxygen atoms in total. The molecule has 0 heterocycles. The van der Waals surface area contributed by atoms with E-state index in [1.54, 1.807) is 14.0 Å². The molecule has 1 aromatic carbocycles. The third-order valence-corrected chi connectivity index (χ3v) is 2.67. The molecule has 1 aromatic rings. The van der Waals surface area contributed by atoms with Crippen LogP contribution in [-0.4, -0.2) is 24.4 Å². The van der Waals surface area contributed by atoms with E-state index in [2.05, 4.69) is 15.9 Å². The Labute approximate surface area is 95.0 Å². The smallest absolute Gasteiger partial charge is 0.256 e. The molecule has 0 N–H and O–H groups in total. The zero-order chi connectivity index (χ0) is 11.6. The van der Waals surface area contributed by atoms with E-state index in [4.69, 9.17) is 0 Å². The molecule has 0 saturated heterocycles. The zero-order valence-electron chi connectivity index (χ0n) is 8.35. The lowest BCUT2D eigenvalue weighted by molar-refractivity contribution is 0.0797. The van der Waals surface area contributed by atoms with E-state index in [0.717, 1.165) is 6.07 Å². The quantitative estimate of drug-likeness (QED) is 0.762. The van der Waals surface area contributed by atoms with Crippen molar-refractivity contribution in [3.05, 3.63) is 33.8 Å². The van der Waals surface area contributed by atoms with Crippen LogP contribution in [0.25, 0.3) is 0 Å². The molecular formula is C10H10BrF2NO. The molecule has 0 atom stereocenters. The summed E-state index contributed by atoms with van der Waals surface area (Å²) in [5.41, 5.74) is -0.132. The number of halogens is 3. The first kappa shape index (κ1) is 12.1. The summed E-state index contributed by atoms with van der Waals surface area (Å²) in [4.78, 5) is 13.0. The van der Waals surface area contributed by atoms with E-state index < -0.39 is 17.5 Å². The van der Waals surface area contributed by atoms with Crippen molar-refractivity contribution in [2.24, 2.45) is 0 Å². The summed E-state index contributed by atoms with van der Waals surface area (Å²) in [5.74, 6) is -2.03. The van der Waals surface area contributed by atoms with Gasteiger partial charge >= 0.3 is 0 Å². The molecule has 0 aliphatic rings. The van der Waals surface area contributed by atoms with E-state index in [9.17, 15) is 13.6 Å². The lowest BCUT2D eigenvalue weighted by Gasteiger charge is -2.15. The van der Waals surface area contributed by atoms with Crippen molar-refractivity contribution < 1.29 is 13.6 Å². The number of nitrogens with zero attached hydrogens (tertiary/aromatic N) is 1. The Balaban J connectivity index is 3.15. The van der Waals surface area contributed by atoms with Gasteiger partial charge in [-0.2, -0.15) is 0 Å². The fraction of sp³-hybridized carbons (Fsp3) is 0.300. The van der Waals surface area contributed by atoms with Gasteiger partial charge in [0, 0.05) is 19.7 Å². The number of carbonyl (C=O) groups is 1. The third kappa shape index (κ3) is 2.53. The zero-order valence-corrected chi connectivity index (χ0v) is 9.94. The van der Waals surface area contributed by atoms with Crippen LogP contribution in [0, 0.1) is 11.6 Å². The number of amides is 1. The van der Waals surface area contributed by atoms with Crippen molar-refractivity contribution in [1.82, 2.24) is 4.90 Å². The van der Waals surface area contributed by atoms with Crippen molar-refractivity contribution in [3.8, 4) is 0 Å². The van der Waals surface area contributed by atoms with Crippen molar-refractivity contribution in [2.45, 2.75) is 6.92 Å². The van der Waals surface area contributed by atoms with Crippen molar-refractivity contribution in [2.75, 3.05) is 13.6 Å². The van der Waals surface area contributed by atoms with Crippen LogP contribution in [0.3, 0.4) is 0 Å². The Morgan fingerprint density at radius 2 is 2.00 bits per heavy atom. The minimum Gasteiger partial charge on any atom is -0.342 e. The Kier molecular flexibility index (Phi) is 3.79. The van der Waals surface area contributed by atoms with Crippen LogP contribution in [0.5, 0.6) is 0 Å². The average Bonchev–Trinajstić information content (AvgIpc) is 2.21. The van der Waals surface area contributed by atoms with Gasteiger partial charge in [-0.15, -0.1) is 0 Å². The van der Waals surface area contributed by atoms with E-state index in [0.29, 0.717) is 12.6 Å². The summed E-state index contributed by atoms with van der Waals surface area (Å²) >= 11 is 2.91. The van der Waals surface area contributed by atoms with Crippen molar-refractivity contribution in [3.63, 3.8) is 0 Å². The topological polar surface area (TPSA) is 20.3 Å². The van der Waals surface area contributed by atoms with Gasteiger partial charge in [0.05, 0.1) is 10.0 Å². The number of hydrogen-bond acceptors (Lipinski definition) is 1. The molecule has 0 saturated carbocycles. The molecule has 0 spiro atoms. The highest BCUT2D eigenvalue weighted by molar-refractivity contribution is 9.10. The molecule has 0 aromatic heterocycles. The van der Waals surface area contributed by atoms with Crippen LogP contribution in [0.15, 0.2) is 16.6 Å². The van der Waals surface area contributed by atoms with E-state index in [1.807, 2.05) is 0 Å². The Morgan fingerprint density at radius 1 is 1.40 bits per heavy atom. The highest BCUT2D eigenvalue weighted by Gasteiger charge is 2.17. The van der Waals surface area contributed by atoms with Gasteiger partial charge in [-0.05, 0) is 28.9 Å². The molecule has 5 heteroatoms. The molecule has 0 bridgehead atoms. The van der Waals surface area contributed by atoms with Crippen molar-refractivity contribution in [1.29, 1.82) is 0 Å². The minimum absolute atomic E-state index is 0.0803. The highest BCUT2D eigenvalue weighted by atomic mass is 79.9. The van der Waals surface area contributed by atoms with Gasteiger partial charge < -0.3 is 4.90 Å². The normalized spacial score (nSPS) is 10.2. The molecule has 1 rings (SSSR count). The molecule has 82 valence electrons. The standard InChI is InChI=1S/C10H10BrF2NO/c1-3-14(2)10(15)6-4-7(11)9(13)5-8(6)12/h4-5H,3H2,1-2H3. The minimum atomic E-state index is -0.846. The first-order valence-corrected chi connectivity index (χ1v) is 5.16. The maximum absolute atomic E-state index is 13.3. The van der Waals surface area contributed by atoms with Gasteiger partial charge in [0.2, 0.25) is 0 Å².